The van der Waals surface area contributed by atoms with E-state index in [1.807, 2.05) is 26.1 Å². The molecule has 0 spiro atoms. The number of halogens is 1. The van der Waals surface area contributed by atoms with Crippen LogP contribution in [0.4, 0.5) is 0 Å². The van der Waals surface area contributed by atoms with Gasteiger partial charge in [-0.1, -0.05) is 0 Å². The fourth-order valence-corrected chi connectivity index (χ4v) is 1.61. The second-order valence-corrected chi connectivity index (χ2v) is 4.12. The fraction of sp³-hybridized carbons (Fsp3) is 0.500. The Morgan fingerprint density at radius 2 is 2.46 bits per heavy atom. The smallest absolute Gasteiger partial charge is 0.141 e. The highest BCUT2D eigenvalue weighted by Gasteiger charge is 2.20. The van der Waals surface area contributed by atoms with Crippen LogP contribution in [0.5, 0.6) is 5.75 Å². The van der Waals surface area contributed by atoms with Gasteiger partial charge in [-0.3, -0.25) is 4.98 Å². The van der Waals surface area contributed by atoms with Crippen LogP contribution in [0, 0.1) is 0 Å². The summed E-state index contributed by atoms with van der Waals surface area (Å²) in [6, 6.07) is 1.99. The Kier molecular flexibility index (Phi) is 2.16. The van der Waals surface area contributed by atoms with E-state index >= 15 is 0 Å². The summed E-state index contributed by atoms with van der Waals surface area (Å²) in [6.45, 7) is 3.98. The molecule has 13 heavy (non-hydrogen) atoms. The molecule has 0 N–H and O–H groups in total. The summed E-state index contributed by atoms with van der Waals surface area (Å²) >= 11 is 5.95. The predicted octanol–water partition coefficient (Wildman–Crippen LogP) is 2.70. The van der Waals surface area contributed by atoms with E-state index in [1.165, 1.54) is 0 Å². The molecule has 70 valence electrons. The predicted molar refractivity (Wildman–Crippen MR) is 52.3 cm³/mol. The number of fused-ring (bicyclic) bond motifs is 1. The molecule has 1 aromatic heterocycles. The molecule has 0 aliphatic carbocycles. The molecule has 2 unspecified atom stereocenters. The third-order valence-electron chi connectivity index (χ3n) is 2.22. The molecule has 0 radical (unpaired) electrons. The van der Waals surface area contributed by atoms with Crippen LogP contribution in [0.25, 0.3) is 0 Å². The summed E-state index contributed by atoms with van der Waals surface area (Å²) in [7, 11) is 0. The van der Waals surface area contributed by atoms with E-state index in [0.717, 1.165) is 23.4 Å². The first-order chi connectivity index (χ1) is 6.16. The third-order valence-corrected chi connectivity index (χ3v) is 2.47. The van der Waals surface area contributed by atoms with E-state index in [4.69, 9.17) is 16.3 Å². The van der Waals surface area contributed by atoms with Gasteiger partial charge in [0.2, 0.25) is 0 Å². The first kappa shape index (κ1) is 8.82. The van der Waals surface area contributed by atoms with E-state index in [1.54, 1.807) is 0 Å². The molecule has 2 rings (SSSR count). The monoisotopic (exact) mass is 197 g/mol. The number of nitrogens with zero attached hydrogens (tertiary/aromatic N) is 1. The zero-order valence-corrected chi connectivity index (χ0v) is 8.51. The maximum Gasteiger partial charge on any atom is 0.141 e. The quantitative estimate of drug-likeness (QED) is 0.646. The van der Waals surface area contributed by atoms with Gasteiger partial charge in [0.1, 0.15) is 11.9 Å². The molecule has 0 bridgehead atoms. The molecule has 1 aliphatic rings. The number of hydrogen-bond acceptors (Lipinski definition) is 2. The first-order valence-electron chi connectivity index (χ1n) is 4.46. The largest absolute Gasteiger partial charge is 0.488 e. The average molecular weight is 198 g/mol. The normalized spacial score (nSPS) is 22.2. The highest BCUT2D eigenvalue weighted by atomic mass is 35.5. The highest BCUT2D eigenvalue weighted by molar-refractivity contribution is 6.20. The Morgan fingerprint density at radius 1 is 1.69 bits per heavy atom. The molecule has 2 nitrogen and oxygen atoms in total. The summed E-state index contributed by atoms with van der Waals surface area (Å²) in [5.41, 5.74) is 2.07. The molecule has 0 saturated heterocycles. The molecule has 3 heteroatoms. The SMILES string of the molecule is CC1Cc2ncc(C(C)Cl)cc2O1. The van der Waals surface area contributed by atoms with Gasteiger partial charge in [-0.05, 0) is 25.5 Å². The minimum atomic E-state index is -0.00249. The average Bonchev–Trinajstić information content (AvgIpc) is 2.42. The van der Waals surface area contributed by atoms with Crippen molar-refractivity contribution in [2.75, 3.05) is 0 Å². The molecule has 0 saturated carbocycles. The third kappa shape index (κ3) is 1.63. The van der Waals surface area contributed by atoms with Gasteiger partial charge in [-0.15, -0.1) is 11.6 Å². The second kappa shape index (κ2) is 3.18. The molecule has 1 aromatic rings. The lowest BCUT2D eigenvalue weighted by atomic mass is 10.2. The van der Waals surface area contributed by atoms with Crippen molar-refractivity contribution in [1.29, 1.82) is 0 Å². The lowest BCUT2D eigenvalue weighted by molar-refractivity contribution is 0.254. The minimum Gasteiger partial charge on any atom is -0.488 e. The topological polar surface area (TPSA) is 22.1 Å². The number of aromatic nitrogens is 1. The van der Waals surface area contributed by atoms with Gasteiger partial charge < -0.3 is 4.74 Å². The van der Waals surface area contributed by atoms with Crippen LogP contribution < -0.4 is 4.74 Å². The van der Waals surface area contributed by atoms with E-state index in [2.05, 4.69) is 4.98 Å². The van der Waals surface area contributed by atoms with Gasteiger partial charge in [-0.25, -0.2) is 0 Å². The molecule has 0 aromatic carbocycles. The highest BCUT2D eigenvalue weighted by Crippen LogP contribution is 2.30. The second-order valence-electron chi connectivity index (χ2n) is 3.46. The van der Waals surface area contributed by atoms with Crippen molar-refractivity contribution in [2.45, 2.75) is 31.7 Å². The molecule has 1 aliphatic heterocycles. The maximum atomic E-state index is 5.95. The van der Waals surface area contributed by atoms with Crippen molar-refractivity contribution in [2.24, 2.45) is 0 Å². The number of rotatable bonds is 1. The summed E-state index contributed by atoms with van der Waals surface area (Å²) in [4.78, 5) is 4.32. The van der Waals surface area contributed by atoms with Crippen molar-refractivity contribution in [3.63, 3.8) is 0 Å². The van der Waals surface area contributed by atoms with Crippen LogP contribution in [0.2, 0.25) is 0 Å². The number of hydrogen-bond donors (Lipinski definition) is 0. The molecular weight excluding hydrogens is 186 g/mol. The van der Waals surface area contributed by atoms with Gasteiger partial charge in [0.15, 0.2) is 0 Å². The Labute approximate surface area is 82.9 Å². The standard InChI is InChI=1S/C10H12ClNO/c1-6-3-9-10(13-6)4-8(5-12-9)7(2)11/h4-7H,3H2,1-2H3. The van der Waals surface area contributed by atoms with Gasteiger partial charge in [0, 0.05) is 12.6 Å². The molecule has 2 atom stereocenters. The van der Waals surface area contributed by atoms with Crippen LogP contribution in [0.15, 0.2) is 12.3 Å². The van der Waals surface area contributed by atoms with Crippen molar-refractivity contribution in [1.82, 2.24) is 4.98 Å². The molecule has 0 fully saturated rings. The van der Waals surface area contributed by atoms with E-state index in [-0.39, 0.29) is 11.5 Å². The van der Waals surface area contributed by atoms with Crippen LogP contribution in [0.3, 0.4) is 0 Å². The lowest BCUT2D eigenvalue weighted by Crippen LogP contribution is -2.05. The van der Waals surface area contributed by atoms with E-state index < -0.39 is 0 Å². The van der Waals surface area contributed by atoms with Crippen molar-refractivity contribution < 1.29 is 4.74 Å². The van der Waals surface area contributed by atoms with Crippen LogP contribution >= 0.6 is 11.6 Å². The summed E-state index contributed by atoms with van der Waals surface area (Å²) in [5, 5.41) is -0.00249. The zero-order chi connectivity index (χ0) is 9.42. The summed E-state index contributed by atoms with van der Waals surface area (Å²) in [5.74, 6) is 0.900. The van der Waals surface area contributed by atoms with Crippen molar-refractivity contribution in [3.05, 3.63) is 23.5 Å². The zero-order valence-electron chi connectivity index (χ0n) is 7.75. The van der Waals surface area contributed by atoms with Crippen LogP contribution in [-0.2, 0) is 6.42 Å². The van der Waals surface area contributed by atoms with Gasteiger partial charge in [-0.2, -0.15) is 0 Å². The first-order valence-corrected chi connectivity index (χ1v) is 4.90. The lowest BCUT2D eigenvalue weighted by Gasteiger charge is -2.05. The van der Waals surface area contributed by atoms with Crippen molar-refractivity contribution in [3.8, 4) is 5.75 Å². The number of ether oxygens (including phenoxy) is 1. The minimum absolute atomic E-state index is 0.00249. The fourth-order valence-electron chi connectivity index (χ4n) is 1.49. The molecule has 2 heterocycles. The Bertz CT molecular complexity index is 325. The number of pyridine rings is 1. The number of alkyl halides is 1. The Balaban J connectivity index is 2.35. The summed E-state index contributed by atoms with van der Waals surface area (Å²) in [6.07, 6.45) is 2.99. The van der Waals surface area contributed by atoms with Gasteiger partial charge >= 0.3 is 0 Å². The Hall–Kier alpha value is -0.760. The van der Waals surface area contributed by atoms with Crippen LogP contribution in [0.1, 0.15) is 30.5 Å². The van der Waals surface area contributed by atoms with E-state index in [0.29, 0.717) is 0 Å². The van der Waals surface area contributed by atoms with Crippen molar-refractivity contribution >= 4 is 11.6 Å². The Morgan fingerprint density at radius 3 is 3.15 bits per heavy atom. The maximum absolute atomic E-state index is 5.95. The summed E-state index contributed by atoms with van der Waals surface area (Å²) < 4.78 is 5.58. The van der Waals surface area contributed by atoms with E-state index in [9.17, 15) is 0 Å². The van der Waals surface area contributed by atoms with Crippen LogP contribution in [-0.4, -0.2) is 11.1 Å². The van der Waals surface area contributed by atoms with Gasteiger partial charge in [0.05, 0.1) is 11.1 Å². The molecular formula is C10H12ClNO. The van der Waals surface area contributed by atoms with Gasteiger partial charge in [0.25, 0.3) is 0 Å². The molecule has 0 amide bonds.